The van der Waals surface area contributed by atoms with Crippen molar-refractivity contribution in [1.29, 1.82) is 0 Å². The van der Waals surface area contributed by atoms with Gasteiger partial charge in [-0.05, 0) is 25.5 Å². The second kappa shape index (κ2) is 10.0. The topological polar surface area (TPSA) is 125 Å². The van der Waals surface area contributed by atoms with Crippen LogP contribution in [0.3, 0.4) is 0 Å². The van der Waals surface area contributed by atoms with E-state index in [2.05, 4.69) is 15.3 Å². The van der Waals surface area contributed by atoms with Crippen molar-refractivity contribution in [2.45, 2.75) is 19.8 Å². The number of pyridine rings is 1. The number of H-pyrrole nitrogens is 1. The fraction of sp³-hybridized carbons (Fsp3) is 0.421. The van der Waals surface area contributed by atoms with Gasteiger partial charge in [-0.15, -0.1) is 11.3 Å². The lowest BCUT2D eigenvalue weighted by atomic mass is 10.2. The predicted octanol–water partition coefficient (Wildman–Crippen LogP) is 1.32. The Balaban J connectivity index is 1.46. The van der Waals surface area contributed by atoms with Crippen molar-refractivity contribution < 1.29 is 19.1 Å². The van der Waals surface area contributed by atoms with Crippen LogP contribution in [-0.4, -0.2) is 70.5 Å². The summed E-state index contributed by atoms with van der Waals surface area (Å²) in [5.41, 5.74) is 0.225. The van der Waals surface area contributed by atoms with Crippen LogP contribution >= 0.6 is 11.3 Å². The minimum atomic E-state index is -0.534. The van der Waals surface area contributed by atoms with Gasteiger partial charge in [-0.1, -0.05) is 0 Å². The number of carbonyl (C=O) groups is 3. The number of anilines is 1. The number of ether oxygens (including phenoxy) is 1. The molecule has 1 saturated heterocycles. The monoisotopic (exact) mass is 433 g/mol. The summed E-state index contributed by atoms with van der Waals surface area (Å²) in [4.78, 5) is 58.1. The van der Waals surface area contributed by atoms with Gasteiger partial charge in [0.05, 0.1) is 12.3 Å². The lowest BCUT2D eigenvalue weighted by Crippen LogP contribution is -2.50. The van der Waals surface area contributed by atoms with Crippen molar-refractivity contribution in [3.63, 3.8) is 0 Å². The van der Waals surface area contributed by atoms with Gasteiger partial charge in [-0.25, -0.2) is 9.78 Å². The van der Waals surface area contributed by atoms with Crippen LogP contribution in [0.5, 0.6) is 0 Å². The number of amides is 3. The first-order chi connectivity index (χ1) is 14.5. The molecule has 0 radical (unpaired) electrons. The van der Waals surface area contributed by atoms with Gasteiger partial charge in [-0.3, -0.25) is 19.7 Å². The van der Waals surface area contributed by atoms with E-state index >= 15 is 0 Å². The molecule has 11 heteroatoms. The number of nitrogens with zero attached hydrogens (tertiary/aromatic N) is 3. The van der Waals surface area contributed by atoms with Gasteiger partial charge >= 0.3 is 6.09 Å². The van der Waals surface area contributed by atoms with Crippen LogP contribution in [0.25, 0.3) is 0 Å². The van der Waals surface area contributed by atoms with Crippen molar-refractivity contribution >= 4 is 34.4 Å². The van der Waals surface area contributed by atoms with Crippen LogP contribution in [0.2, 0.25) is 0 Å². The second-order valence-corrected chi connectivity index (χ2v) is 7.44. The maximum absolute atomic E-state index is 12.4. The molecule has 0 aliphatic carbocycles. The summed E-state index contributed by atoms with van der Waals surface area (Å²) in [6.45, 7) is 3.94. The molecule has 0 bridgehead atoms. The summed E-state index contributed by atoms with van der Waals surface area (Å²) in [5.74, 6) is -0.541. The molecule has 2 aromatic rings. The predicted molar refractivity (Wildman–Crippen MR) is 111 cm³/mol. The van der Waals surface area contributed by atoms with Crippen molar-refractivity contribution in [1.82, 2.24) is 19.8 Å². The first kappa shape index (κ1) is 21.5. The zero-order chi connectivity index (χ0) is 21.5. The Bertz CT molecular complexity index is 964. The number of rotatable bonds is 6. The van der Waals surface area contributed by atoms with Crippen molar-refractivity contribution in [2.24, 2.45) is 0 Å². The molecule has 1 aliphatic heterocycles. The summed E-state index contributed by atoms with van der Waals surface area (Å²) >= 11 is 1.24. The van der Waals surface area contributed by atoms with Crippen LogP contribution in [-0.2, 0) is 16.0 Å². The average molecular weight is 433 g/mol. The molecule has 0 saturated carbocycles. The van der Waals surface area contributed by atoms with E-state index < -0.39 is 11.5 Å². The molecule has 2 aromatic heterocycles. The highest BCUT2D eigenvalue weighted by atomic mass is 32.1. The molecule has 1 fully saturated rings. The standard InChI is InChI=1S/C19H23N5O5S/c1-2-29-19(28)24-10-8-23(9-11-24)15(25)6-5-13-12-30-18(21-13)22-17(27)14-4-3-7-20-16(14)26/h3-4,7,12H,2,5-6,8-11H2,1H3,(H,20,26)(H,21,22,27). The first-order valence-corrected chi connectivity index (χ1v) is 10.5. The first-order valence-electron chi connectivity index (χ1n) is 9.61. The number of carbonyl (C=O) groups excluding carboxylic acids is 3. The van der Waals surface area contributed by atoms with E-state index in [1.54, 1.807) is 28.2 Å². The SMILES string of the molecule is CCOC(=O)N1CCN(C(=O)CCc2csc(NC(=O)c3ccc[nH]c3=O)n2)CC1. The molecule has 0 spiro atoms. The smallest absolute Gasteiger partial charge is 0.409 e. The zero-order valence-electron chi connectivity index (χ0n) is 16.6. The Kier molecular flexibility index (Phi) is 7.17. The van der Waals surface area contributed by atoms with Crippen molar-refractivity contribution in [2.75, 3.05) is 38.1 Å². The molecule has 3 rings (SSSR count). The minimum absolute atomic E-state index is 0.00592. The molecule has 10 nitrogen and oxygen atoms in total. The van der Waals surface area contributed by atoms with Gasteiger partial charge in [-0.2, -0.15) is 0 Å². The minimum Gasteiger partial charge on any atom is -0.450 e. The quantitative estimate of drug-likeness (QED) is 0.708. The Hall–Kier alpha value is -3.21. The van der Waals surface area contributed by atoms with Crippen LogP contribution < -0.4 is 10.9 Å². The number of aromatic amines is 1. The molecular weight excluding hydrogens is 410 g/mol. The normalized spacial score (nSPS) is 13.8. The molecule has 3 heterocycles. The highest BCUT2D eigenvalue weighted by Gasteiger charge is 2.24. The Morgan fingerprint density at radius 2 is 1.97 bits per heavy atom. The molecular formula is C19H23N5O5S. The number of thiazole rings is 1. The van der Waals surface area contributed by atoms with Crippen LogP contribution in [0.4, 0.5) is 9.93 Å². The average Bonchev–Trinajstić information content (AvgIpc) is 3.19. The number of hydrogen-bond donors (Lipinski definition) is 2. The van der Waals surface area contributed by atoms with E-state index in [1.165, 1.54) is 23.6 Å². The van der Waals surface area contributed by atoms with Gasteiger partial charge in [0.1, 0.15) is 5.56 Å². The zero-order valence-corrected chi connectivity index (χ0v) is 17.4. The molecule has 0 unspecified atom stereocenters. The number of aryl methyl sites for hydroxylation is 1. The summed E-state index contributed by atoms with van der Waals surface area (Å²) < 4.78 is 4.97. The number of piperazine rings is 1. The maximum atomic E-state index is 12.4. The van der Waals surface area contributed by atoms with Crippen LogP contribution in [0.1, 0.15) is 29.4 Å². The highest BCUT2D eigenvalue weighted by Crippen LogP contribution is 2.18. The Labute approximate surface area is 176 Å². The van der Waals surface area contributed by atoms with Gasteiger partial charge in [0.15, 0.2) is 5.13 Å². The second-order valence-electron chi connectivity index (χ2n) is 6.58. The summed E-state index contributed by atoms with van der Waals surface area (Å²) in [6, 6.07) is 3.00. The van der Waals surface area contributed by atoms with E-state index in [0.29, 0.717) is 50.0 Å². The maximum Gasteiger partial charge on any atom is 0.409 e. The van der Waals surface area contributed by atoms with Crippen molar-refractivity contribution in [3.05, 3.63) is 45.3 Å². The molecule has 2 N–H and O–H groups in total. The fourth-order valence-electron chi connectivity index (χ4n) is 2.99. The van der Waals surface area contributed by atoms with E-state index in [4.69, 9.17) is 4.74 Å². The molecule has 0 aromatic carbocycles. The van der Waals surface area contributed by atoms with Gasteiger partial charge in [0.2, 0.25) is 5.91 Å². The molecule has 3 amide bonds. The number of hydrogen-bond acceptors (Lipinski definition) is 7. The largest absolute Gasteiger partial charge is 0.450 e. The summed E-state index contributed by atoms with van der Waals surface area (Å²) in [6.07, 6.45) is 1.83. The molecule has 0 atom stereocenters. The molecule has 30 heavy (non-hydrogen) atoms. The fourth-order valence-corrected chi connectivity index (χ4v) is 3.73. The molecule has 1 aliphatic rings. The third-order valence-electron chi connectivity index (χ3n) is 4.59. The van der Waals surface area contributed by atoms with Crippen molar-refractivity contribution in [3.8, 4) is 0 Å². The third-order valence-corrected chi connectivity index (χ3v) is 5.39. The van der Waals surface area contributed by atoms with E-state index in [0.717, 1.165) is 0 Å². The number of aromatic nitrogens is 2. The number of nitrogens with one attached hydrogen (secondary N) is 2. The van der Waals surface area contributed by atoms with Gasteiger partial charge < -0.3 is 19.5 Å². The van der Waals surface area contributed by atoms with Crippen LogP contribution in [0.15, 0.2) is 28.5 Å². The van der Waals surface area contributed by atoms with Gasteiger partial charge in [0.25, 0.3) is 11.5 Å². The Morgan fingerprint density at radius 3 is 2.67 bits per heavy atom. The van der Waals surface area contributed by atoms with E-state index in [9.17, 15) is 19.2 Å². The summed E-state index contributed by atoms with van der Waals surface area (Å²) in [7, 11) is 0. The Morgan fingerprint density at radius 1 is 1.23 bits per heavy atom. The molecule has 160 valence electrons. The third kappa shape index (κ3) is 5.44. The van der Waals surface area contributed by atoms with E-state index in [1.807, 2.05) is 0 Å². The summed E-state index contributed by atoms with van der Waals surface area (Å²) in [5, 5.41) is 4.74. The highest BCUT2D eigenvalue weighted by molar-refractivity contribution is 7.14. The van der Waals surface area contributed by atoms with Crippen LogP contribution in [0, 0.1) is 0 Å². The van der Waals surface area contributed by atoms with Gasteiger partial charge in [0, 0.05) is 44.2 Å². The lowest BCUT2D eigenvalue weighted by Gasteiger charge is -2.34. The van der Waals surface area contributed by atoms with E-state index in [-0.39, 0.29) is 24.0 Å². The lowest BCUT2D eigenvalue weighted by molar-refractivity contribution is -0.132.